The number of aryl methyl sites for hydroxylation is 1. The first-order valence-electron chi connectivity index (χ1n) is 13.9. The van der Waals surface area contributed by atoms with Gasteiger partial charge < -0.3 is 26.0 Å². The Bertz CT molecular complexity index is 1110. The number of rotatable bonds is 14. The lowest BCUT2D eigenvalue weighted by molar-refractivity contribution is -0.143. The number of primary amides is 1. The minimum atomic E-state index is -1.11. The molecular formula is C31H44N4O5. The molecule has 0 fully saturated rings. The van der Waals surface area contributed by atoms with Crippen molar-refractivity contribution in [2.24, 2.45) is 5.73 Å². The lowest BCUT2D eigenvalue weighted by atomic mass is 9.99. The first-order valence-corrected chi connectivity index (χ1v) is 13.9. The van der Waals surface area contributed by atoms with Crippen LogP contribution in [0, 0.1) is 6.92 Å². The van der Waals surface area contributed by atoms with Gasteiger partial charge >= 0.3 is 6.09 Å². The van der Waals surface area contributed by atoms with Crippen LogP contribution in [0.25, 0.3) is 0 Å². The summed E-state index contributed by atoms with van der Waals surface area (Å²) < 4.78 is 5.38. The lowest BCUT2D eigenvalue weighted by Gasteiger charge is -2.34. The van der Waals surface area contributed by atoms with Crippen LogP contribution in [-0.4, -0.2) is 46.9 Å². The van der Waals surface area contributed by atoms with Crippen molar-refractivity contribution >= 4 is 23.8 Å². The average molecular weight is 553 g/mol. The number of ether oxygens (including phenoxy) is 1. The maximum Gasteiger partial charge on any atom is 0.408 e. The Morgan fingerprint density at radius 2 is 1.62 bits per heavy atom. The van der Waals surface area contributed by atoms with Gasteiger partial charge in [-0.25, -0.2) is 4.79 Å². The molecule has 2 aromatic carbocycles. The molecular weight excluding hydrogens is 508 g/mol. The number of unbranched alkanes of at least 4 members (excludes halogenated alkanes) is 2. The van der Waals surface area contributed by atoms with Gasteiger partial charge in [0.15, 0.2) is 0 Å². The van der Waals surface area contributed by atoms with Crippen LogP contribution in [0.4, 0.5) is 4.79 Å². The third kappa shape index (κ3) is 11.1. The summed E-state index contributed by atoms with van der Waals surface area (Å²) in [7, 11) is 0. The first kappa shape index (κ1) is 32.3. The molecule has 4 amide bonds. The third-order valence-corrected chi connectivity index (χ3v) is 6.22. The molecule has 9 nitrogen and oxygen atoms in total. The van der Waals surface area contributed by atoms with Gasteiger partial charge in [0, 0.05) is 19.5 Å². The summed E-state index contributed by atoms with van der Waals surface area (Å²) in [5.41, 5.74) is 7.18. The van der Waals surface area contributed by atoms with E-state index >= 15 is 0 Å². The van der Waals surface area contributed by atoms with E-state index in [1.54, 1.807) is 20.8 Å². The van der Waals surface area contributed by atoms with Crippen molar-refractivity contribution in [3.63, 3.8) is 0 Å². The molecule has 4 N–H and O–H groups in total. The molecule has 0 saturated heterocycles. The van der Waals surface area contributed by atoms with Crippen molar-refractivity contribution in [3.05, 3.63) is 71.3 Å². The van der Waals surface area contributed by atoms with Crippen molar-refractivity contribution in [1.82, 2.24) is 15.5 Å². The number of hydrogen-bond donors (Lipinski definition) is 3. The highest BCUT2D eigenvalue weighted by Gasteiger charge is 2.36. The van der Waals surface area contributed by atoms with E-state index in [9.17, 15) is 19.2 Å². The molecule has 0 heterocycles. The molecule has 2 atom stereocenters. The van der Waals surface area contributed by atoms with Crippen molar-refractivity contribution in [2.75, 3.05) is 6.54 Å². The molecule has 0 bridgehead atoms. The Kier molecular flexibility index (Phi) is 12.6. The fourth-order valence-corrected chi connectivity index (χ4v) is 4.20. The molecule has 218 valence electrons. The van der Waals surface area contributed by atoms with E-state index in [-0.39, 0.29) is 25.3 Å². The van der Waals surface area contributed by atoms with Crippen molar-refractivity contribution in [2.45, 2.75) is 91.0 Å². The number of nitrogens with two attached hydrogens (primary N) is 1. The van der Waals surface area contributed by atoms with Gasteiger partial charge in [-0.3, -0.25) is 14.4 Å². The summed E-state index contributed by atoms with van der Waals surface area (Å²) in [5.74, 6) is -1.43. The van der Waals surface area contributed by atoms with Gasteiger partial charge in [0.2, 0.25) is 17.7 Å². The molecule has 0 spiro atoms. The normalized spacial score (nSPS) is 12.6. The van der Waals surface area contributed by atoms with E-state index in [0.29, 0.717) is 18.5 Å². The summed E-state index contributed by atoms with van der Waals surface area (Å²) in [5, 5.41) is 5.60. The average Bonchev–Trinajstić information content (AvgIpc) is 2.89. The van der Waals surface area contributed by atoms with Gasteiger partial charge in [0.25, 0.3) is 0 Å². The van der Waals surface area contributed by atoms with Crippen LogP contribution in [0.5, 0.6) is 0 Å². The summed E-state index contributed by atoms with van der Waals surface area (Å²) in [6.45, 7) is 9.73. The smallest absolute Gasteiger partial charge is 0.408 e. The van der Waals surface area contributed by atoms with Gasteiger partial charge in [0.05, 0.1) is 0 Å². The molecule has 0 radical (unpaired) electrons. The number of benzene rings is 2. The van der Waals surface area contributed by atoms with Crippen molar-refractivity contribution < 1.29 is 23.9 Å². The Labute approximate surface area is 237 Å². The SMILES string of the molecule is CCCCCN(C(=O)C(CCC(N)=O)NC(=O)OC(C)(C)C)C(C(=O)NCc1ccccc1)c1ccc(C)cc1. The van der Waals surface area contributed by atoms with Crippen LogP contribution < -0.4 is 16.4 Å². The van der Waals surface area contributed by atoms with Crippen LogP contribution >= 0.6 is 0 Å². The van der Waals surface area contributed by atoms with Gasteiger partial charge in [-0.05, 0) is 51.7 Å². The third-order valence-electron chi connectivity index (χ3n) is 6.22. The highest BCUT2D eigenvalue weighted by atomic mass is 16.6. The van der Waals surface area contributed by atoms with Gasteiger partial charge in [-0.15, -0.1) is 0 Å². The Morgan fingerprint density at radius 3 is 2.20 bits per heavy atom. The predicted molar refractivity (Wildman–Crippen MR) is 155 cm³/mol. The minimum Gasteiger partial charge on any atom is -0.444 e. The van der Waals surface area contributed by atoms with Crippen molar-refractivity contribution in [3.8, 4) is 0 Å². The molecule has 0 saturated carbocycles. The number of hydrogen-bond acceptors (Lipinski definition) is 5. The molecule has 2 unspecified atom stereocenters. The molecule has 2 rings (SSSR count). The van der Waals surface area contributed by atoms with Crippen LogP contribution in [0.3, 0.4) is 0 Å². The number of alkyl carbamates (subject to hydrolysis) is 1. The quantitative estimate of drug-likeness (QED) is 0.296. The standard InChI is InChI=1S/C31H44N4O5/c1-6-7-11-20-35(29(38)25(18-19-26(32)36)34-30(39)40-31(3,4)5)27(24-16-14-22(2)15-17-24)28(37)33-21-23-12-9-8-10-13-23/h8-10,12-17,25,27H,6-7,11,18-21H2,1-5H3,(H2,32,36)(H,33,37)(H,34,39). The molecule has 0 aliphatic carbocycles. The monoisotopic (exact) mass is 552 g/mol. The van der Waals surface area contributed by atoms with Gasteiger partial charge in [-0.1, -0.05) is 79.9 Å². The fourth-order valence-electron chi connectivity index (χ4n) is 4.20. The molecule has 0 aliphatic heterocycles. The highest BCUT2D eigenvalue weighted by Crippen LogP contribution is 2.25. The van der Waals surface area contributed by atoms with Crippen LogP contribution in [0.1, 0.15) is 82.5 Å². The molecule has 0 aliphatic rings. The minimum absolute atomic E-state index is 0.0239. The number of amides is 4. The summed E-state index contributed by atoms with van der Waals surface area (Å²) in [4.78, 5) is 53.7. The van der Waals surface area contributed by atoms with E-state index in [1.165, 1.54) is 4.90 Å². The van der Waals surface area contributed by atoms with E-state index in [1.807, 2.05) is 61.5 Å². The molecule has 2 aromatic rings. The summed E-state index contributed by atoms with van der Waals surface area (Å²) >= 11 is 0. The van der Waals surface area contributed by atoms with E-state index in [2.05, 4.69) is 17.6 Å². The van der Waals surface area contributed by atoms with E-state index in [0.717, 1.165) is 24.0 Å². The Hall–Kier alpha value is -3.88. The van der Waals surface area contributed by atoms with Crippen molar-refractivity contribution in [1.29, 1.82) is 0 Å². The zero-order chi connectivity index (χ0) is 29.7. The number of nitrogens with one attached hydrogen (secondary N) is 2. The van der Waals surface area contributed by atoms with Crippen LogP contribution in [-0.2, 0) is 25.7 Å². The summed E-state index contributed by atoms with van der Waals surface area (Å²) in [6, 6.07) is 14.9. The van der Waals surface area contributed by atoms with Crippen LogP contribution in [0.2, 0.25) is 0 Å². The second-order valence-electron chi connectivity index (χ2n) is 11.0. The first-order chi connectivity index (χ1) is 18.9. The maximum absolute atomic E-state index is 14.1. The number of nitrogens with zero attached hydrogens (tertiary/aromatic N) is 1. The molecule has 0 aromatic heterocycles. The Balaban J connectivity index is 2.46. The summed E-state index contributed by atoms with van der Waals surface area (Å²) in [6.07, 6.45) is 1.49. The highest BCUT2D eigenvalue weighted by molar-refractivity contribution is 5.92. The van der Waals surface area contributed by atoms with Gasteiger partial charge in [0.1, 0.15) is 17.7 Å². The zero-order valence-electron chi connectivity index (χ0n) is 24.4. The predicted octanol–water partition coefficient (Wildman–Crippen LogP) is 4.53. The van der Waals surface area contributed by atoms with E-state index in [4.69, 9.17) is 10.5 Å². The number of carbonyl (C=O) groups is 4. The second kappa shape index (κ2) is 15.6. The van der Waals surface area contributed by atoms with Crippen LogP contribution in [0.15, 0.2) is 54.6 Å². The fraction of sp³-hybridized carbons (Fsp3) is 0.484. The molecule has 9 heteroatoms. The second-order valence-corrected chi connectivity index (χ2v) is 11.0. The topological polar surface area (TPSA) is 131 Å². The largest absolute Gasteiger partial charge is 0.444 e. The maximum atomic E-state index is 14.1. The zero-order valence-corrected chi connectivity index (χ0v) is 24.4. The van der Waals surface area contributed by atoms with E-state index < -0.39 is 35.6 Å². The molecule has 40 heavy (non-hydrogen) atoms. The Morgan fingerprint density at radius 1 is 0.975 bits per heavy atom. The lowest BCUT2D eigenvalue weighted by Crippen LogP contribution is -2.53. The number of carbonyl (C=O) groups excluding carboxylic acids is 4. The van der Waals surface area contributed by atoms with Gasteiger partial charge in [-0.2, -0.15) is 0 Å².